The molecule has 1 aliphatic carbocycles. The number of nitrogens with zero attached hydrogens (tertiary/aromatic N) is 5. The quantitative estimate of drug-likeness (QED) is 0.172. The van der Waals surface area contributed by atoms with Gasteiger partial charge in [0.2, 0.25) is 0 Å². The zero-order valence-electron chi connectivity index (χ0n) is 30.5. The zero-order chi connectivity index (χ0) is 37.0. The van der Waals surface area contributed by atoms with Crippen LogP contribution < -0.4 is 0 Å². The normalized spacial score (nSPS) is 12.9. The van der Waals surface area contributed by atoms with Crippen LogP contribution in [0, 0.1) is 0 Å². The van der Waals surface area contributed by atoms with Gasteiger partial charge < -0.3 is 9.13 Å². The van der Waals surface area contributed by atoms with Gasteiger partial charge in [0.25, 0.3) is 0 Å². The molecule has 0 radical (unpaired) electrons. The smallest absolute Gasteiger partial charge is 0.164 e. The van der Waals surface area contributed by atoms with Crippen LogP contribution in [0.2, 0.25) is 0 Å². The largest absolute Gasteiger partial charge is 0.309 e. The van der Waals surface area contributed by atoms with Gasteiger partial charge in [-0.05, 0) is 84.1 Å². The van der Waals surface area contributed by atoms with Gasteiger partial charge in [-0.3, -0.25) is 0 Å². The van der Waals surface area contributed by atoms with E-state index in [9.17, 15) is 0 Å². The minimum absolute atomic E-state index is 0.664. The highest BCUT2D eigenvalue weighted by Crippen LogP contribution is 2.38. The van der Waals surface area contributed by atoms with Crippen molar-refractivity contribution in [2.75, 3.05) is 0 Å². The minimum atomic E-state index is 0.664. The molecule has 3 heterocycles. The molecular formula is C51H35N5. The first-order chi connectivity index (χ1) is 27.8. The van der Waals surface area contributed by atoms with Gasteiger partial charge in [-0.15, -0.1) is 0 Å². The van der Waals surface area contributed by atoms with Crippen LogP contribution in [0.4, 0.5) is 0 Å². The summed E-state index contributed by atoms with van der Waals surface area (Å²) in [6.07, 6.45) is 8.29. The molecule has 0 saturated heterocycles. The van der Waals surface area contributed by atoms with E-state index < -0.39 is 0 Å². The Kier molecular flexibility index (Phi) is 7.56. The number of hydrogen-bond acceptors (Lipinski definition) is 3. The van der Waals surface area contributed by atoms with E-state index >= 15 is 0 Å². The lowest BCUT2D eigenvalue weighted by Gasteiger charge is -2.13. The van der Waals surface area contributed by atoms with Crippen molar-refractivity contribution in [3.05, 3.63) is 194 Å². The lowest BCUT2D eigenvalue weighted by atomic mass is 10.0. The maximum absolute atomic E-state index is 5.07. The molecule has 56 heavy (non-hydrogen) atoms. The van der Waals surface area contributed by atoms with E-state index in [1.54, 1.807) is 0 Å². The molecule has 1 aliphatic rings. The number of fused-ring (bicyclic) bond motifs is 6. The molecule has 0 spiro atoms. The molecule has 264 valence electrons. The van der Waals surface area contributed by atoms with Gasteiger partial charge in [0.1, 0.15) is 0 Å². The summed E-state index contributed by atoms with van der Waals surface area (Å²) in [5.41, 5.74) is 12.3. The molecule has 7 aromatic carbocycles. The number of para-hydroxylation sites is 3. The van der Waals surface area contributed by atoms with E-state index in [2.05, 4.69) is 179 Å². The summed E-state index contributed by atoms with van der Waals surface area (Å²) in [5, 5.41) is 4.94. The van der Waals surface area contributed by atoms with Crippen LogP contribution in [0.25, 0.3) is 94.5 Å². The van der Waals surface area contributed by atoms with Crippen LogP contribution in [0.1, 0.15) is 18.7 Å². The Morgan fingerprint density at radius 1 is 0.375 bits per heavy atom. The molecule has 0 amide bonds. The molecule has 0 saturated carbocycles. The lowest BCUT2D eigenvalue weighted by Crippen LogP contribution is -2.04. The SMILES string of the molecule is C1=CCCC(c2nc(-c3ccccc3)nc(-c3cccc(-n4c5ccccc5c5cc(-c6cccc(-n7c8ccccc8c8ccccc87)c6)ccc54)c3)n2)=C1. The second kappa shape index (κ2) is 13.2. The van der Waals surface area contributed by atoms with E-state index in [0.717, 1.165) is 57.8 Å². The number of rotatable bonds is 6. The molecule has 0 aliphatic heterocycles. The fourth-order valence-electron chi connectivity index (χ4n) is 8.39. The Morgan fingerprint density at radius 2 is 0.875 bits per heavy atom. The summed E-state index contributed by atoms with van der Waals surface area (Å²) in [6.45, 7) is 0. The van der Waals surface area contributed by atoms with Crippen molar-refractivity contribution in [1.82, 2.24) is 24.1 Å². The van der Waals surface area contributed by atoms with Gasteiger partial charge >= 0.3 is 0 Å². The average molecular weight is 718 g/mol. The number of hydrogen-bond donors (Lipinski definition) is 0. The van der Waals surface area contributed by atoms with Gasteiger partial charge in [0, 0.05) is 44.0 Å². The van der Waals surface area contributed by atoms with Crippen molar-refractivity contribution in [2.45, 2.75) is 12.8 Å². The maximum Gasteiger partial charge on any atom is 0.164 e. The molecular weight excluding hydrogens is 683 g/mol. The Balaban J connectivity index is 1.03. The third kappa shape index (κ3) is 5.36. The van der Waals surface area contributed by atoms with E-state index in [1.165, 1.54) is 43.7 Å². The molecule has 0 fully saturated rings. The van der Waals surface area contributed by atoms with Crippen LogP contribution in [-0.4, -0.2) is 24.1 Å². The van der Waals surface area contributed by atoms with Crippen LogP contribution in [0.5, 0.6) is 0 Å². The second-order valence-corrected chi connectivity index (χ2v) is 14.4. The average Bonchev–Trinajstić information content (AvgIpc) is 3.80. The molecule has 0 bridgehead atoms. The first kappa shape index (κ1) is 32.1. The standard InChI is InChI=1S/C51H35N5/c1-3-15-34(16-4-1)49-52-50(35-17-5-2-6-18-35)54-51(53-49)38-20-14-22-40(32-38)56-47-28-12-9-25-43(47)44-33-37(29-30-48(44)56)36-19-13-21-39(31-36)55-45-26-10-7-23-41(45)42-24-8-11-27-46(42)55/h1-5,7-17,19-33H,6,18H2. The van der Waals surface area contributed by atoms with E-state index in [1.807, 2.05) is 18.2 Å². The molecule has 5 nitrogen and oxygen atoms in total. The molecule has 0 atom stereocenters. The monoisotopic (exact) mass is 717 g/mol. The Morgan fingerprint density at radius 3 is 1.52 bits per heavy atom. The fraction of sp³-hybridized carbons (Fsp3) is 0.0392. The first-order valence-electron chi connectivity index (χ1n) is 19.2. The highest BCUT2D eigenvalue weighted by Gasteiger charge is 2.18. The van der Waals surface area contributed by atoms with E-state index in [-0.39, 0.29) is 0 Å². The summed E-state index contributed by atoms with van der Waals surface area (Å²) in [4.78, 5) is 15.1. The van der Waals surface area contributed by atoms with Crippen molar-refractivity contribution < 1.29 is 0 Å². The van der Waals surface area contributed by atoms with Crippen LogP contribution in [0.3, 0.4) is 0 Å². The van der Waals surface area contributed by atoms with Crippen molar-refractivity contribution in [2.24, 2.45) is 0 Å². The summed E-state index contributed by atoms with van der Waals surface area (Å²) in [5.74, 6) is 2.07. The molecule has 5 heteroatoms. The third-order valence-electron chi connectivity index (χ3n) is 11.0. The predicted octanol–water partition coefficient (Wildman–Crippen LogP) is 12.8. The topological polar surface area (TPSA) is 48.5 Å². The fourth-order valence-corrected chi connectivity index (χ4v) is 8.39. The first-order valence-corrected chi connectivity index (χ1v) is 19.2. The highest BCUT2D eigenvalue weighted by molar-refractivity contribution is 6.11. The summed E-state index contributed by atoms with van der Waals surface area (Å²) in [7, 11) is 0. The van der Waals surface area contributed by atoms with Gasteiger partial charge in [-0.2, -0.15) is 0 Å². The van der Waals surface area contributed by atoms with Crippen molar-refractivity contribution in [3.63, 3.8) is 0 Å². The third-order valence-corrected chi connectivity index (χ3v) is 11.0. The van der Waals surface area contributed by atoms with Crippen molar-refractivity contribution in [3.8, 4) is 45.3 Å². The van der Waals surface area contributed by atoms with Gasteiger partial charge in [0.15, 0.2) is 17.5 Å². The number of allylic oxidation sites excluding steroid dienone is 4. The van der Waals surface area contributed by atoms with Gasteiger partial charge in [0.05, 0.1) is 22.1 Å². The predicted molar refractivity (Wildman–Crippen MR) is 231 cm³/mol. The van der Waals surface area contributed by atoms with Crippen molar-refractivity contribution in [1.29, 1.82) is 0 Å². The number of benzene rings is 7. The molecule has 11 rings (SSSR count). The second-order valence-electron chi connectivity index (χ2n) is 14.4. The molecule has 3 aromatic heterocycles. The molecule has 0 N–H and O–H groups in total. The van der Waals surface area contributed by atoms with Crippen LogP contribution in [0.15, 0.2) is 188 Å². The Labute approximate surface area is 324 Å². The summed E-state index contributed by atoms with van der Waals surface area (Å²) < 4.78 is 4.74. The summed E-state index contributed by atoms with van der Waals surface area (Å²) in [6, 6.07) is 60.6. The van der Waals surface area contributed by atoms with E-state index in [4.69, 9.17) is 15.0 Å². The number of aromatic nitrogens is 5. The lowest BCUT2D eigenvalue weighted by molar-refractivity contribution is 0.977. The molecule has 0 unspecified atom stereocenters. The van der Waals surface area contributed by atoms with Gasteiger partial charge in [-0.1, -0.05) is 133 Å². The van der Waals surface area contributed by atoms with Crippen LogP contribution >= 0.6 is 0 Å². The summed E-state index contributed by atoms with van der Waals surface area (Å²) >= 11 is 0. The van der Waals surface area contributed by atoms with Crippen molar-refractivity contribution >= 4 is 49.2 Å². The zero-order valence-corrected chi connectivity index (χ0v) is 30.5. The van der Waals surface area contributed by atoms with Crippen LogP contribution in [-0.2, 0) is 0 Å². The van der Waals surface area contributed by atoms with E-state index in [0.29, 0.717) is 11.6 Å². The minimum Gasteiger partial charge on any atom is -0.309 e. The maximum atomic E-state index is 5.07. The molecule has 10 aromatic rings. The van der Waals surface area contributed by atoms with Gasteiger partial charge in [-0.25, -0.2) is 15.0 Å². The highest BCUT2D eigenvalue weighted by atomic mass is 15.0. The Bertz CT molecular complexity index is 3150. The Hall–Kier alpha value is -7.37.